The van der Waals surface area contributed by atoms with Crippen LogP contribution in [0, 0.1) is 5.41 Å². The summed E-state index contributed by atoms with van der Waals surface area (Å²) in [5.41, 5.74) is 0.550. The van der Waals surface area contributed by atoms with Crippen LogP contribution in [0.1, 0.15) is 45.2 Å². The van der Waals surface area contributed by atoms with E-state index in [0.29, 0.717) is 0 Å². The number of carboxylic acid groups (broad SMARTS) is 1. The van der Waals surface area contributed by atoms with Crippen LogP contribution in [-0.4, -0.2) is 17.0 Å². The summed E-state index contributed by atoms with van der Waals surface area (Å²) in [6.45, 7) is 5.50. The van der Waals surface area contributed by atoms with E-state index in [2.05, 4.69) is 5.32 Å². The van der Waals surface area contributed by atoms with E-state index >= 15 is 0 Å². The molecule has 0 radical (unpaired) electrons. The Morgan fingerprint density at radius 3 is 2.61 bits per heavy atom. The fourth-order valence-electron chi connectivity index (χ4n) is 1.80. The SMILES string of the molecule is CC(NC(=O)CC(C)(C)CC(=O)O)c1ccsc1. The van der Waals surface area contributed by atoms with Crippen molar-refractivity contribution in [2.24, 2.45) is 5.41 Å². The number of thiophene rings is 1. The second-order valence-electron chi connectivity index (χ2n) is 5.26. The highest BCUT2D eigenvalue weighted by Crippen LogP contribution is 2.25. The van der Waals surface area contributed by atoms with Gasteiger partial charge in [0.2, 0.25) is 5.91 Å². The number of rotatable bonds is 6. The van der Waals surface area contributed by atoms with Crippen LogP contribution >= 0.6 is 11.3 Å². The number of aliphatic carboxylic acids is 1. The molecular weight excluding hydrogens is 250 g/mol. The second kappa shape index (κ2) is 6.00. The van der Waals surface area contributed by atoms with E-state index in [9.17, 15) is 9.59 Å². The fourth-order valence-corrected chi connectivity index (χ4v) is 2.56. The molecule has 2 N–H and O–H groups in total. The second-order valence-corrected chi connectivity index (χ2v) is 6.04. The number of amides is 1. The van der Waals surface area contributed by atoms with Crippen molar-refractivity contribution in [3.05, 3.63) is 22.4 Å². The molecule has 0 saturated heterocycles. The Bertz CT molecular complexity index is 412. The van der Waals surface area contributed by atoms with Gasteiger partial charge in [0.1, 0.15) is 0 Å². The minimum absolute atomic E-state index is 0.00669. The molecule has 100 valence electrons. The van der Waals surface area contributed by atoms with Crippen LogP contribution in [0.4, 0.5) is 0 Å². The highest BCUT2D eigenvalue weighted by molar-refractivity contribution is 7.07. The molecule has 1 atom stereocenters. The van der Waals surface area contributed by atoms with E-state index in [4.69, 9.17) is 5.11 Å². The normalized spacial score (nSPS) is 13.1. The van der Waals surface area contributed by atoms with E-state index in [1.54, 1.807) is 25.2 Å². The number of carbonyl (C=O) groups is 2. The average Bonchev–Trinajstić information content (AvgIpc) is 2.65. The predicted octanol–water partition coefficient (Wildman–Crippen LogP) is 2.82. The van der Waals surface area contributed by atoms with Gasteiger partial charge in [-0.25, -0.2) is 0 Å². The molecule has 1 heterocycles. The summed E-state index contributed by atoms with van der Waals surface area (Å²) in [7, 11) is 0. The molecule has 0 aliphatic carbocycles. The van der Waals surface area contributed by atoms with Crippen LogP contribution in [0.5, 0.6) is 0 Å². The van der Waals surface area contributed by atoms with E-state index < -0.39 is 11.4 Å². The summed E-state index contributed by atoms with van der Waals surface area (Å²) < 4.78 is 0. The first kappa shape index (κ1) is 14.7. The number of hydrogen-bond donors (Lipinski definition) is 2. The average molecular weight is 269 g/mol. The lowest BCUT2D eigenvalue weighted by Gasteiger charge is -2.23. The van der Waals surface area contributed by atoms with E-state index in [1.165, 1.54) is 0 Å². The minimum Gasteiger partial charge on any atom is -0.481 e. The Labute approximate surface area is 111 Å². The molecule has 1 aromatic rings. The molecule has 1 rings (SSSR count). The molecule has 0 bridgehead atoms. The Balaban J connectivity index is 2.49. The van der Waals surface area contributed by atoms with Crippen molar-refractivity contribution in [1.29, 1.82) is 0 Å². The summed E-state index contributed by atoms with van der Waals surface area (Å²) in [6, 6.07) is 1.93. The zero-order valence-electron chi connectivity index (χ0n) is 10.9. The van der Waals surface area contributed by atoms with Gasteiger partial charge in [-0.05, 0) is 34.7 Å². The molecule has 0 aliphatic heterocycles. The monoisotopic (exact) mass is 269 g/mol. The lowest BCUT2D eigenvalue weighted by atomic mass is 9.85. The molecule has 0 aliphatic rings. The maximum absolute atomic E-state index is 11.8. The van der Waals surface area contributed by atoms with Gasteiger partial charge in [-0.1, -0.05) is 13.8 Å². The van der Waals surface area contributed by atoms with E-state index in [0.717, 1.165) is 5.56 Å². The predicted molar refractivity (Wildman–Crippen MR) is 71.5 cm³/mol. The zero-order chi connectivity index (χ0) is 13.8. The molecule has 18 heavy (non-hydrogen) atoms. The maximum atomic E-state index is 11.8. The van der Waals surface area contributed by atoms with Gasteiger partial charge in [0.05, 0.1) is 12.5 Å². The smallest absolute Gasteiger partial charge is 0.303 e. The number of carbonyl (C=O) groups excluding carboxylic acids is 1. The van der Waals surface area contributed by atoms with Gasteiger partial charge >= 0.3 is 5.97 Å². The van der Waals surface area contributed by atoms with Crippen LogP contribution in [-0.2, 0) is 9.59 Å². The summed E-state index contributed by atoms with van der Waals surface area (Å²) in [4.78, 5) is 22.5. The molecule has 5 heteroatoms. The summed E-state index contributed by atoms with van der Waals surface area (Å²) >= 11 is 1.59. The lowest BCUT2D eigenvalue weighted by molar-refractivity contribution is -0.139. The van der Waals surface area contributed by atoms with Gasteiger partial charge in [-0.15, -0.1) is 0 Å². The molecule has 1 amide bonds. The Morgan fingerprint density at radius 1 is 1.44 bits per heavy atom. The standard InChI is InChI=1S/C13H19NO3S/c1-9(10-4-5-18-8-10)14-11(15)6-13(2,3)7-12(16)17/h4-5,8-9H,6-7H2,1-3H3,(H,14,15)(H,16,17). The van der Waals surface area contributed by atoms with Gasteiger partial charge < -0.3 is 10.4 Å². The van der Waals surface area contributed by atoms with Crippen molar-refractivity contribution < 1.29 is 14.7 Å². The maximum Gasteiger partial charge on any atom is 0.303 e. The molecule has 0 spiro atoms. The molecular formula is C13H19NO3S. The van der Waals surface area contributed by atoms with Crippen molar-refractivity contribution in [1.82, 2.24) is 5.32 Å². The third kappa shape index (κ3) is 4.87. The van der Waals surface area contributed by atoms with Crippen LogP contribution in [0.15, 0.2) is 16.8 Å². The van der Waals surface area contributed by atoms with Crippen molar-refractivity contribution >= 4 is 23.2 Å². The van der Waals surface area contributed by atoms with Crippen molar-refractivity contribution in [3.63, 3.8) is 0 Å². The topological polar surface area (TPSA) is 66.4 Å². The third-order valence-electron chi connectivity index (χ3n) is 2.69. The Kier molecular flexibility index (Phi) is 4.90. The van der Waals surface area contributed by atoms with Gasteiger partial charge in [0.25, 0.3) is 0 Å². The molecule has 4 nitrogen and oxygen atoms in total. The van der Waals surface area contributed by atoms with Crippen LogP contribution in [0.3, 0.4) is 0 Å². The number of carboxylic acids is 1. The number of hydrogen-bond acceptors (Lipinski definition) is 3. The van der Waals surface area contributed by atoms with Crippen LogP contribution in [0.2, 0.25) is 0 Å². The first-order valence-electron chi connectivity index (χ1n) is 5.83. The number of nitrogens with one attached hydrogen (secondary N) is 1. The van der Waals surface area contributed by atoms with Crippen molar-refractivity contribution in [2.75, 3.05) is 0 Å². The largest absolute Gasteiger partial charge is 0.481 e. The minimum atomic E-state index is -0.876. The van der Waals surface area contributed by atoms with Crippen LogP contribution < -0.4 is 5.32 Å². The van der Waals surface area contributed by atoms with Crippen molar-refractivity contribution in [2.45, 2.75) is 39.7 Å². The first-order valence-corrected chi connectivity index (χ1v) is 6.78. The summed E-state index contributed by atoms with van der Waals surface area (Å²) in [5.74, 6) is -0.987. The van der Waals surface area contributed by atoms with E-state index in [1.807, 2.05) is 23.8 Å². The molecule has 0 fully saturated rings. The molecule has 0 saturated carbocycles. The highest BCUT2D eigenvalue weighted by Gasteiger charge is 2.25. The van der Waals surface area contributed by atoms with Gasteiger partial charge in [0.15, 0.2) is 0 Å². The summed E-state index contributed by atoms with van der Waals surface area (Å²) in [6.07, 6.45) is 0.209. The Hall–Kier alpha value is -1.36. The van der Waals surface area contributed by atoms with E-state index in [-0.39, 0.29) is 24.8 Å². The van der Waals surface area contributed by atoms with Crippen LogP contribution in [0.25, 0.3) is 0 Å². The third-order valence-corrected chi connectivity index (χ3v) is 3.39. The molecule has 1 aromatic heterocycles. The molecule has 0 aromatic carbocycles. The fraction of sp³-hybridized carbons (Fsp3) is 0.538. The first-order chi connectivity index (χ1) is 8.30. The molecule has 1 unspecified atom stereocenters. The lowest BCUT2D eigenvalue weighted by Crippen LogP contribution is -2.31. The van der Waals surface area contributed by atoms with Gasteiger partial charge in [-0.3, -0.25) is 9.59 Å². The van der Waals surface area contributed by atoms with Gasteiger partial charge in [-0.2, -0.15) is 11.3 Å². The Morgan fingerprint density at radius 2 is 2.11 bits per heavy atom. The van der Waals surface area contributed by atoms with Crippen molar-refractivity contribution in [3.8, 4) is 0 Å². The highest BCUT2D eigenvalue weighted by atomic mass is 32.1. The summed E-state index contributed by atoms with van der Waals surface area (Å²) in [5, 5.41) is 15.6. The van der Waals surface area contributed by atoms with Gasteiger partial charge in [0, 0.05) is 6.42 Å². The quantitative estimate of drug-likeness (QED) is 0.834. The zero-order valence-corrected chi connectivity index (χ0v) is 11.7.